The number of hydrogen-bond acceptors (Lipinski definition) is 3. The van der Waals surface area contributed by atoms with E-state index in [0.29, 0.717) is 6.42 Å². The van der Waals surface area contributed by atoms with Crippen molar-refractivity contribution in [3.05, 3.63) is 0 Å². The molecule has 2 atom stereocenters. The molecule has 2 unspecified atom stereocenters. The highest BCUT2D eigenvalue weighted by molar-refractivity contribution is 5.82. The minimum atomic E-state index is -1.20. The smallest absolute Gasteiger partial charge is 0.328 e. The Bertz CT molecular complexity index is 347. The molecule has 3 N–H and O–H groups in total. The summed E-state index contributed by atoms with van der Waals surface area (Å²) < 4.78 is 0. The van der Waals surface area contributed by atoms with Gasteiger partial charge < -0.3 is 15.5 Å². The van der Waals surface area contributed by atoms with Crippen LogP contribution in [0.4, 0.5) is 0 Å². The van der Waals surface area contributed by atoms with E-state index in [1.807, 2.05) is 0 Å². The molecule has 0 aliphatic carbocycles. The minimum absolute atomic E-state index is 0.412. The number of rotatable bonds is 17. The number of aliphatic hydroxyl groups is 1. The summed E-state index contributed by atoms with van der Waals surface area (Å²) >= 11 is 0. The van der Waals surface area contributed by atoms with Crippen LogP contribution in [0.15, 0.2) is 0 Å². The van der Waals surface area contributed by atoms with Crippen molar-refractivity contribution in [2.75, 3.05) is 0 Å². The molecule has 0 rings (SSSR count). The maximum Gasteiger partial charge on any atom is 0.328 e. The summed E-state index contributed by atoms with van der Waals surface area (Å²) in [5.74, 6) is -1.62. The van der Waals surface area contributed by atoms with Crippen molar-refractivity contribution in [1.82, 2.24) is 5.32 Å². The second-order valence-electron chi connectivity index (χ2n) is 7.12. The first-order valence-electron chi connectivity index (χ1n) is 10.2. The van der Waals surface area contributed by atoms with Gasteiger partial charge in [0.15, 0.2) is 6.04 Å². The van der Waals surface area contributed by atoms with Crippen LogP contribution in [0.2, 0.25) is 0 Å². The third kappa shape index (κ3) is 14.9. The number of carbonyl (C=O) groups is 2. The highest BCUT2D eigenvalue weighted by Crippen LogP contribution is 2.14. The number of carboxylic acid groups (broad SMARTS) is 1. The summed E-state index contributed by atoms with van der Waals surface area (Å²) in [5.41, 5.74) is 0. The molecule has 0 aromatic rings. The Morgan fingerprint density at radius 2 is 1.20 bits per heavy atom. The van der Waals surface area contributed by atoms with Crippen LogP contribution in [0.25, 0.3) is 0 Å². The Kier molecular flexibility index (Phi) is 15.7. The van der Waals surface area contributed by atoms with Gasteiger partial charge in [0, 0.05) is 6.92 Å². The van der Waals surface area contributed by atoms with Gasteiger partial charge in [-0.15, -0.1) is 0 Å². The van der Waals surface area contributed by atoms with Gasteiger partial charge in [-0.2, -0.15) is 0 Å². The molecule has 0 saturated heterocycles. The average molecular weight is 358 g/mol. The summed E-state index contributed by atoms with van der Waals surface area (Å²) in [6, 6.07) is -1.20. The Morgan fingerprint density at radius 1 is 0.800 bits per heavy atom. The fourth-order valence-corrected chi connectivity index (χ4v) is 3.08. The molecule has 0 spiro atoms. The van der Waals surface area contributed by atoms with E-state index in [4.69, 9.17) is 5.11 Å². The first-order valence-corrected chi connectivity index (χ1v) is 10.2. The van der Waals surface area contributed by atoms with Gasteiger partial charge in [-0.1, -0.05) is 90.4 Å². The molecule has 5 nitrogen and oxygen atoms in total. The lowest BCUT2D eigenvalue weighted by Gasteiger charge is -2.19. The second-order valence-corrected chi connectivity index (χ2v) is 7.12. The number of amides is 1. The molecule has 0 aromatic carbocycles. The normalized spacial score (nSPS) is 13.4. The van der Waals surface area contributed by atoms with Crippen molar-refractivity contribution in [3.8, 4) is 0 Å². The van der Waals surface area contributed by atoms with Crippen molar-refractivity contribution in [3.63, 3.8) is 0 Å². The zero-order valence-corrected chi connectivity index (χ0v) is 16.3. The Hall–Kier alpha value is -1.10. The van der Waals surface area contributed by atoms with E-state index in [1.165, 1.54) is 71.1 Å². The lowest BCUT2D eigenvalue weighted by Crippen LogP contribution is -2.48. The van der Waals surface area contributed by atoms with E-state index in [1.54, 1.807) is 0 Å². The molecule has 148 valence electrons. The Balaban J connectivity index is 3.47. The Morgan fingerprint density at radius 3 is 1.56 bits per heavy atom. The number of unbranched alkanes of at least 4 members (excludes halogenated alkanes) is 12. The van der Waals surface area contributed by atoms with Gasteiger partial charge in [-0.25, -0.2) is 4.79 Å². The van der Waals surface area contributed by atoms with E-state index in [-0.39, 0.29) is 0 Å². The van der Waals surface area contributed by atoms with Gasteiger partial charge in [-0.3, -0.25) is 4.79 Å². The molecule has 25 heavy (non-hydrogen) atoms. The highest BCUT2D eigenvalue weighted by atomic mass is 16.4. The molecule has 0 aliphatic rings. The first-order chi connectivity index (χ1) is 12.0. The molecule has 1 amide bonds. The van der Waals surface area contributed by atoms with Gasteiger partial charge in [0.1, 0.15) is 0 Å². The van der Waals surface area contributed by atoms with Crippen molar-refractivity contribution >= 4 is 11.9 Å². The topological polar surface area (TPSA) is 86.6 Å². The van der Waals surface area contributed by atoms with E-state index in [9.17, 15) is 14.7 Å². The highest BCUT2D eigenvalue weighted by Gasteiger charge is 2.26. The number of hydrogen-bond donors (Lipinski definition) is 3. The van der Waals surface area contributed by atoms with Crippen molar-refractivity contribution in [2.24, 2.45) is 0 Å². The van der Waals surface area contributed by atoms with Crippen molar-refractivity contribution < 1.29 is 19.8 Å². The molecule has 0 radical (unpaired) electrons. The second kappa shape index (κ2) is 16.4. The molecule has 0 bridgehead atoms. The standard InChI is InChI=1S/C20H39NO4/c1-3-4-5-6-7-8-9-10-11-12-13-14-15-16-18(23)19(20(24)25)21-17(2)22/h18-19,23H,3-16H2,1-2H3,(H,21,22)(H,24,25). The third-order valence-electron chi connectivity index (χ3n) is 4.61. The fourth-order valence-electron chi connectivity index (χ4n) is 3.08. The molecule has 0 aromatic heterocycles. The van der Waals surface area contributed by atoms with Crippen LogP contribution in [0.1, 0.15) is 104 Å². The van der Waals surface area contributed by atoms with Gasteiger partial charge >= 0.3 is 5.97 Å². The summed E-state index contributed by atoms with van der Waals surface area (Å²) in [6.45, 7) is 3.50. The van der Waals surface area contributed by atoms with Crippen LogP contribution in [-0.2, 0) is 9.59 Å². The van der Waals surface area contributed by atoms with E-state index in [0.717, 1.165) is 19.3 Å². The Labute approximate surface area is 153 Å². The van der Waals surface area contributed by atoms with Gasteiger partial charge in [0.05, 0.1) is 6.10 Å². The van der Waals surface area contributed by atoms with E-state index >= 15 is 0 Å². The monoisotopic (exact) mass is 357 g/mol. The number of aliphatic hydroxyl groups excluding tert-OH is 1. The maximum atomic E-state index is 11.0. The molecule has 0 saturated carbocycles. The van der Waals surface area contributed by atoms with Crippen LogP contribution in [0, 0.1) is 0 Å². The molecule has 0 aliphatic heterocycles. The maximum absolute atomic E-state index is 11.0. The lowest BCUT2D eigenvalue weighted by atomic mass is 10.0. The van der Waals surface area contributed by atoms with Crippen LogP contribution in [-0.4, -0.2) is 34.2 Å². The number of aliphatic carboxylic acids is 1. The fraction of sp³-hybridized carbons (Fsp3) is 0.900. The average Bonchev–Trinajstić information content (AvgIpc) is 2.56. The number of carboxylic acids is 1. The summed E-state index contributed by atoms with van der Waals surface area (Å²) in [6.07, 6.45) is 15.6. The summed E-state index contributed by atoms with van der Waals surface area (Å²) in [4.78, 5) is 22.0. The van der Waals surface area contributed by atoms with Crippen molar-refractivity contribution in [1.29, 1.82) is 0 Å². The minimum Gasteiger partial charge on any atom is -0.480 e. The van der Waals surface area contributed by atoms with Crippen LogP contribution >= 0.6 is 0 Å². The molecular weight excluding hydrogens is 318 g/mol. The summed E-state index contributed by atoms with van der Waals surface area (Å²) in [7, 11) is 0. The largest absolute Gasteiger partial charge is 0.480 e. The molecule has 0 fully saturated rings. The van der Waals surface area contributed by atoms with Gasteiger partial charge in [-0.05, 0) is 6.42 Å². The van der Waals surface area contributed by atoms with Crippen LogP contribution in [0.3, 0.4) is 0 Å². The van der Waals surface area contributed by atoms with Crippen molar-refractivity contribution in [2.45, 2.75) is 116 Å². The number of nitrogens with one attached hydrogen (secondary N) is 1. The molecule has 0 heterocycles. The molecular formula is C20H39NO4. The van der Waals surface area contributed by atoms with Crippen LogP contribution in [0.5, 0.6) is 0 Å². The van der Waals surface area contributed by atoms with E-state index in [2.05, 4.69) is 12.2 Å². The zero-order chi connectivity index (χ0) is 18.9. The predicted octanol–water partition coefficient (Wildman–Crippen LogP) is 4.42. The number of carbonyl (C=O) groups excluding carboxylic acids is 1. The molecule has 5 heteroatoms. The van der Waals surface area contributed by atoms with Gasteiger partial charge in [0.2, 0.25) is 5.91 Å². The SMILES string of the molecule is CCCCCCCCCCCCCCCC(O)C(NC(C)=O)C(=O)O. The van der Waals surface area contributed by atoms with E-state index < -0.39 is 24.0 Å². The third-order valence-corrected chi connectivity index (χ3v) is 4.61. The van der Waals surface area contributed by atoms with Gasteiger partial charge in [0.25, 0.3) is 0 Å². The predicted molar refractivity (Wildman–Crippen MR) is 102 cm³/mol. The first kappa shape index (κ1) is 23.9. The lowest BCUT2D eigenvalue weighted by molar-refractivity contribution is -0.145. The summed E-state index contributed by atoms with van der Waals surface area (Å²) in [5, 5.41) is 21.2. The quantitative estimate of drug-likeness (QED) is 0.336. The zero-order valence-electron chi connectivity index (χ0n) is 16.3. The van der Waals surface area contributed by atoms with Crippen LogP contribution < -0.4 is 5.32 Å².